The first-order valence-electron chi connectivity index (χ1n) is 8.92. The summed E-state index contributed by atoms with van der Waals surface area (Å²) in [4.78, 5) is 13.0. The van der Waals surface area contributed by atoms with Crippen molar-refractivity contribution >= 4 is 16.6 Å². The van der Waals surface area contributed by atoms with E-state index < -0.39 is 0 Å². The Hall–Kier alpha value is -3.13. The van der Waals surface area contributed by atoms with Crippen molar-refractivity contribution in [2.75, 3.05) is 0 Å². The average molecular weight is 337 g/mol. The Morgan fingerprint density at radius 2 is 1.42 bits per heavy atom. The summed E-state index contributed by atoms with van der Waals surface area (Å²) in [6.45, 7) is 6.45. The normalized spacial score (nSPS) is 12.5. The lowest BCUT2D eigenvalue weighted by atomic mass is 9.87. The second kappa shape index (κ2) is 5.18. The van der Waals surface area contributed by atoms with E-state index in [9.17, 15) is 4.79 Å². The van der Waals surface area contributed by atoms with Gasteiger partial charge >= 0.3 is 0 Å². The van der Waals surface area contributed by atoms with Gasteiger partial charge in [0.2, 0.25) is 0 Å². The molecular formula is C24H19NO. The molecule has 1 aromatic heterocycles. The van der Waals surface area contributed by atoms with Crippen molar-refractivity contribution in [3.63, 3.8) is 0 Å². The molecule has 0 N–H and O–H groups in total. The average Bonchev–Trinajstić information content (AvgIpc) is 2.98. The van der Waals surface area contributed by atoms with Crippen LogP contribution >= 0.6 is 0 Å². The van der Waals surface area contributed by atoms with E-state index in [4.69, 9.17) is 0 Å². The summed E-state index contributed by atoms with van der Waals surface area (Å²) in [5, 5.41) is 2.18. The molecular weight excluding hydrogens is 318 g/mol. The molecule has 0 atom stereocenters. The second-order valence-corrected chi connectivity index (χ2v) is 7.24. The molecule has 0 fully saturated rings. The van der Waals surface area contributed by atoms with E-state index in [1.54, 1.807) is 0 Å². The Kier molecular flexibility index (Phi) is 3.02. The monoisotopic (exact) mass is 337 g/mol. The third-order valence-corrected chi connectivity index (χ3v) is 5.39. The molecule has 1 heterocycles. The molecule has 2 heteroatoms. The van der Waals surface area contributed by atoms with Crippen LogP contribution in [0.4, 0.5) is 0 Å². The van der Waals surface area contributed by atoms with Gasteiger partial charge in [0.15, 0.2) is 5.78 Å². The maximum Gasteiger partial charge on any atom is 0.194 e. The summed E-state index contributed by atoms with van der Waals surface area (Å²) in [6.07, 6.45) is 2.17. The fourth-order valence-electron chi connectivity index (χ4n) is 4.48. The van der Waals surface area contributed by atoms with E-state index in [0.717, 1.165) is 33.2 Å². The van der Waals surface area contributed by atoms with Gasteiger partial charge in [-0.25, -0.2) is 0 Å². The van der Waals surface area contributed by atoms with Gasteiger partial charge in [-0.1, -0.05) is 60.2 Å². The maximum atomic E-state index is 13.0. The van der Waals surface area contributed by atoms with Crippen molar-refractivity contribution in [2.24, 2.45) is 0 Å². The summed E-state index contributed by atoms with van der Waals surface area (Å²) in [7, 11) is 0. The largest absolute Gasteiger partial charge is 0.315 e. The van der Waals surface area contributed by atoms with Crippen LogP contribution in [0, 0.1) is 20.8 Å². The third-order valence-electron chi connectivity index (χ3n) is 5.39. The highest BCUT2D eigenvalue weighted by Crippen LogP contribution is 2.42. The number of fused-ring (bicyclic) bond motifs is 2. The predicted octanol–water partition coefficient (Wildman–Crippen LogP) is 5.77. The Bertz CT molecular complexity index is 1200. The van der Waals surface area contributed by atoms with Gasteiger partial charge in [0.25, 0.3) is 0 Å². The number of nitrogens with zero attached hydrogens (tertiary/aromatic N) is 1. The maximum absolute atomic E-state index is 13.0. The number of rotatable bonds is 1. The molecule has 0 saturated heterocycles. The zero-order valence-corrected chi connectivity index (χ0v) is 15.1. The summed E-state index contributed by atoms with van der Waals surface area (Å²) in [6, 6.07) is 18.4. The molecule has 1 aliphatic carbocycles. The molecule has 0 saturated carbocycles. The quantitative estimate of drug-likeness (QED) is 0.381. The van der Waals surface area contributed by atoms with Gasteiger partial charge in [-0.2, -0.15) is 0 Å². The summed E-state index contributed by atoms with van der Waals surface area (Å²) < 4.78 is 2.28. The summed E-state index contributed by atoms with van der Waals surface area (Å²) in [5.41, 5.74) is 8.70. The Labute approximate surface area is 152 Å². The Morgan fingerprint density at radius 3 is 2.15 bits per heavy atom. The minimum atomic E-state index is 0.119. The minimum absolute atomic E-state index is 0.119. The molecule has 3 aromatic carbocycles. The molecule has 5 rings (SSSR count). The van der Waals surface area contributed by atoms with Gasteiger partial charge in [0.1, 0.15) is 0 Å². The van der Waals surface area contributed by atoms with E-state index in [1.807, 2.05) is 30.3 Å². The fourth-order valence-corrected chi connectivity index (χ4v) is 4.48. The minimum Gasteiger partial charge on any atom is -0.315 e. The topological polar surface area (TPSA) is 22.0 Å². The molecule has 0 bridgehead atoms. The summed E-state index contributed by atoms with van der Waals surface area (Å²) in [5.74, 6) is 0.119. The number of ketones is 1. The Balaban J connectivity index is 1.98. The highest BCUT2D eigenvalue weighted by Gasteiger charge is 2.28. The van der Waals surface area contributed by atoms with Crippen LogP contribution in [0.5, 0.6) is 0 Å². The lowest BCUT2D eigenvalue weighted by Crippen LogP contribution is -2.11. The van der Waals surface area contributed by atoms with Crippen molar-refractivity contribution in [3.8, 4) is 16.9 Å². The van der Waals surface area contributed by atoms with Crippen LogP contribution in [0.1, 0.15) is 32.6 Å². The molecule has 0 unspecified atom stereocenters. The first kappa shape index (κ1) is 15.2. The molecule has 0 radical (unpaired) electrons. The van der Waals surface area contributed by atoms with Crippen LogP contribution in [0.2, 0.25) is 0 Å². The number of hydrogen-bond acceptors (Lipinski definition) is 1. The SMILES string of the molecule is Cc1cc(C)c(-n2cc3cccc4c3c2-c2ccccc2C4=O)c(C)c1. The standard InChI is InChI=1S/C24H19NO/c1-14-11-15(2)22(16(3)12-14)25-13-17-7-6-10-20-21(17)23(25)18-8-4-5-9-19(18)24(20)26/h4-13H,1-3H3. The van der Waals surface area contributed by atoms with Crippen LogP contribution in [-0.2, 0) is 0 Å². The predicted molar refractivity (Wildman–Crippen MR) is 106 cm³/mol. The molecule has 126 valence electrons. The van der Waals surface area contributed by atoms with Crippen molar-refractivity contribution in [2.45, 2.75) is 20.8 Å². The van der Waals surface area contributed by atoms with Gasteiger partial charge in [-0.05, 0) is 31.9 Å². The highest BCUT2D eigenvalue weighted by atomic mass is 16.1. The van der Waals surface area contributed by atoms with E-state index in [-0.39, 0.29) is 5.78 Å². The van der Waals surface area contributed by atoms with Crippen LogP contribution < -0.4 is 0 Å². The molecule has 0 spiro atoms. The van der Waals surface area contributed by atoms with Crippen molar-refractivity contribution < 1.29 is 4.79 Å². The molecule has 0 aliphatic heterocycles. The fraction of sp³-hybridized carbons (Fsp3) is 0.125. The molecule has 0 amide bonds. The second-order valence-electron chi connectivity index (χ2n) is 7.24. The lowest BCUT2D eigenvalue weighted by Gasteiger charge is -2.21. The van der Waals surface area contributed by atoms with Crippen LogP contribution in [-0.4, -0.2) is 10.4 Å². The number of aryl methyl sites for hydroxylation is 3. The first-order valence-corrected chi connectivity index (χ1v) is 8.92. The molecule has 2 nitrogen and oxygen atoms in total. The number of benzene rings is 3. The summed E-state index contributed by atoms with van der Waals surface area (Å²) >= 11 is 0. The Morgan fingerprint density at radius 1 is 0.769 bits per heavy atom. The van der Waals surface area contributed by atoms with Gasteiger partial charge in [0.05, 0.1) is 11.4 Å². The lowest BCUT2D eigenvalue weighted by molar-refractivity contribution is 0.104. The number of hydrogen-bond donors (Lipinski definition) is 0. The smallest absolute Gasteiger partial charge is 0.194 e. The number of aromatic nitrogens is 1. The van der Waals surface area contributed by atoms with E-state index in [1.165, 1.54) is 22.4 Å². The van der Waals surface area contributed by atoms with Crippen LogP contribution in [0.25, 0.3) is 27.7 Å². The zero-order chi connectivity index (χ0) is 18.0. The highest BCUT2D eigenvalue weighted by molar-refractivity contribution is 6.25. The van der Waals surface area contributed by atoms with Crippen molar-refractivity contribution in [1.82, 2.24) is 4.57 Å². The number of carbonyl (C=O) groups excluding carboxylic acids is 1. The van der Waals surface area contributed by atoms with Crippen LogP contribution in [0.3, 0.4) is 0 Å². The van der Waals surface area contributed by atoms with E-state index in [2.05, 4.69) is 55.8 Å². The zero-order valence-electron chi connectivity index (χ0n) is 15.1. The molecule has 4 aromatic rings. The van der Waals surface area contributed by atoms with Gasteiger partial charge in [-0.3, -0.25) is 4.79 Å². The van der Waals surface area contributed by atoms with E-state index >= 15 is 0 Å². The van der Waals surface area contributed by atoms with Crippen molar-refractivity contribution in [3.05, 3.63) is 88.6 Å². The third kappa shape index (κ3) is 1.90. The first-order chi connectivity index (χ1) is 12.6. The van der Waals surface area contributed by atoms with Gasteiger partial charge in [-0.15, -0.1) is 0 Å². The van der Waals surface area contributed by atoms with E-state index in [0.29, 0.717) is 0 Å². The van der Waals surface area contributed by atoms with Gasteiger partial charge in [0, 0.05) is 33.7 Å². The van der Waals surface area contributed by atoms with Gasteiger partial charge < -0.3 is 4.57 Å². The number of carbonyl (C=O) groups is 1. The van der Waals surface area contributed by atoms with Crippen molar-refractivity contribution in [1.29, 1.82) is 0 Å². The molecule has 26 heavy (non-hydrogen) atoms. The molecule has 1 aliphatic rings. The van der Waals surface area contributed by atoms with Crippen LogP contribution in [0.15, 0.2) is 60.8 Å².